The van der Waals surface area contributed by atoms with Gasteiger partial charge in [0.25, 0.3) is 11.6 Å². The number of hydrogen-bond acceptors (Lipinski definition) is 5. The van der Waals surface area contributed by atoms with Crippen molar-refractivity contribution in [3.8, 4) is 0 Å². The number of aromatic nitrogens is 1. The first kappa shape index (κ1) is 15.2. The molecule has 0 radical (unpaired) electrons. The lowest BCUT2D eigenvalue weighted by molar-refractivity contribution is -0.384. The van der Waals surface area contributed by atoms with Crippen LogP contribution in [0.2, 0.25) is 0 Å². The van der Waals surface area contributed by atoms with Crippen molar-refractivity contribution < 1.29 is 9.72 Å². The maximum atomic E-state index is 12.6. The van der Waals surface area contributed by atoms with Gasteiger partial charge in [0.15, 0.2) is 0 Å². The van der Waals surface area contributed by atoms with E-state index in [1.54, 1.807) is 24.4 Å². The third-order valence-electron chi connectivity index (χ3n) is 3.82. The van der Waals surface area contributed by atoms with E-state index in [-0.39, 0.29) is 11.6 Å². The van der Waals surface area contributed by atoms with Crippen LogP contribution in [-0.2, 0) is 0 Å². The fraction of sp³-hybridized carbons (Fsp3) is 0. The molecule has 4 rings (SSSR count). The molecule has 2 heterocycles. The standard InChI is InChI=1S/C18H11N3O3S/c22-18(20-14-5-1-3-11-4-2-8-19-17(11)14)16-10-12-9-13(21(23)24)6-7-15(12)25-16/h1-10H,(H,20,22). The maximum Gasteiger partial charge on any atom is 0.270 e. The first-order valence-electron chi connectivity index (χ1n) is 7.45. The van der Waals surface area contributed by atoms with Crippen LogP contribution in [0.25, 0.3) is 21.0 Å². The highest BCUT2D eigenvalue weighted by Crippen LogP contribution is 2.30. The Morgan fingerprint density at radius 1 is 1.08 bits per heavy atom. The van der Waals surface area contributed by atoms with Crippen molar-refractivity contribution in [3.05, 3.63) is 75.8 Å². The predicted octanol–water partition coefficient (Wildman–Crippen LogP) is 4.61. The van der Waals surface area contributed by atoms with Gasteiger partial charge in [0.1, 0.15) is 0 Å². The quantitative estimate of drug-likeness (QED) is 0.432. The normalized spacial score (nSPS) is 10.9. The van der Waals surface area contributed by atoms with Gasteiger partial charge >= 0.3 is 0 Å². The number of nitro groups is 1. The SMILES string of the molecule is O=C(Nc1cccc2cccnc12)c1cc2cc([N+](=O)[O-])ccc2s1. The second-order valence-corrected chi connectivity index (χ2v) is 6.51. The largest absolute Gasteiger partial charge is 0.319 e. The number of para-hydroxylation sites is 1. The van der Waals surface area contributed by atoms with E-state index in [4.69, 9.17) is 0 Å². The summed E-state index contributed by atoms with van der Waals surface area (Å²) >= 11 is 1.30. The van der Waals surface area contributed by atoms with E-state index in [1.165, 1.54) is 23.5 Å². The van der Waals surface area contributed by atoms with E-state index in [0.717, 1.165) is 15.6 Å². The number of anilines is 1. The Hall–Kier alpha value is -3.32. The summed E-state index contributed by atoms with van der Waals surface area (Å²) in [5, 5.41) is 15.4. The lowest BCUT2D eigenvalue weighted by atomic mass is 10.2. The van der Waals surface area contributed by atoms with Crippen molar-refractivity contribution in [2.24, 2.45) is 0 Å². The zero-order valence-corrected chi connectivity index (χ0v) is 13.6. The van der Waals surface area contributed by atoms with Crippen molar-refractivity contribution in [2.45, 2.75) is 0 Å². The molecule has 0 saturated heterocycles. The van der Waals surface area contributed by atoms with Crippen LogP contribution in [0.1, 0.15) is 9.67 Å². The second kappa shape index (κ2) is 5.95. The van der Waals surface area contributed by atoms with E-state index in [0.29, 0.717) is 16.0 Å². The van der Waals surface area contributed by atoms with Gasteiger partial charge in [-0.15, -0.1) is 11.3 Å². The number of hydrogen-bond donors (Lipinski definition) is 1. The number of thiophene rings is 1. The van der Waals surface area contributed by atoms with E-state index in [2.05, 4.69) is 10.3 Å². The number of fused-ring (bicyclic) bond motifs is 2. The van der Waals surface area contributed by atoms with Crippen molar-refractivity contribution in [2.75, 3.05) is 5.32 Å². The Morgan fingerprint density at radius 2 is 1.92 bits per heavy atom. The summed E-state index contributed by atoms with van der Waals surface area (Å²) in [6.45, 7) is 0. The molecule has 1 N–H and O–H groups in total. The highest BCUT2D eigenvalue weighted by Gasteiger charge is 2.14. The number of nitrogens with zero attached hydrogens (tertiary/aromatic N) is 2. The van der Waals surface area contributed by atoms with Crippen LogP contribution >= 0.6 is 11.3 Å². The van der Waals surface area contributed by atoms with Gasteiger partial charge in [-0.05, 0) is 24.3 Å². The molecule has 25 heavy (non-hydrogen) atoms. The van der Waals surface area contributed by atoms with Crippen molar-refractivity contribution >= 4 is 49.6 Å². The minimum Gasteiger partial charge on any atom is -0.319 e. The molecule has 2 aromatic heterocycles. The first-order chi connectivity index (χ1) is 12.1. The number of carbonyl (C=O) groups excluding carboxylic acids is 1. The van der Waals surface area contributed by atoms with E-state index >= 15 is 0 Å². The first-order valence-corrected chi connectivity index (χ1v) is 8.26. The van der Waals surface area contributed by atoms with E-state index in [1.807, 2.05) is 24.3 Å². The molecule has 0 fully saturated rings. The van der Waals surface area contributed by atoms with Crippen LogP contribution in [0.5, 0.6) is 0 Å². The molecule has 0 atom stereocenters. The van der Waals surface area contributed by atoms with Gasteiger partial charge in [-0.1, -0.05) is 18.2 Å². The number of carbonyl (C=O) groups is 1. The zero-order chi connectivity index (χ0) is 17.4. The fourth-order valence-electron chi connectivity index (χ4n) is 2.65. The van der Waals surface area contributed by atoms with Crippen LogP contribution in [0.15, 0.2) is 60.8 Å². The van der Waals surface area contributed by atoms with Gasteiger partial charge in [0.05, 0.1) is 21.0 Å². The molecule has 0 bridgehead atoms. The molecular formula is C18H11N3O3S. The molecule has 0 aliphatic carbocycles. The average molecular weight is 349 g/mol. The van der Waals surface area contributed by atoms with Gasteiger partial charge in [-0.3, -0.25) is 19.9 Å². The molecule has 122 valence electrons. The summed E-state index contributed by atoms with van der Waals surface area (Å²) in [5.41, 5.74) is 1.36. The lowest BCUT2D eigenvalue weighted by Gasteiger charge is -2.06. The Morgan fingerprint density at radius 3 is 2.76 bits per heavy atom. The number of non-ortho nitro benzene ring substituents is 1. The molecule has 0 unspecified atom stereocenters. The highest BCUT2D eigenvalue weighted by atomic mass is 32.1. The Labute approximate surface area is 145 Å². The lowest BCUT2D eigenvalue weighted by Crippen LogP contribution is -2.10. The Balaban J connectivity index is 1.68. The van der Waals surface area contributed by atoms with E-state index < -0.39 is 4.92 Å². The molecule has 0 saturated carbocycles. The molecule has 0 aliphatic heterocycles. The predicted molar refractivity (Wildman–Crippen MR) is 98.2 cm³/mol. The number of pyridine rings is 1. The van der Waals surface area contributed by atoms with Crippen molar-refractivity contribution in [1.82, 2.24) is 4.98 Å². The van der Waals surface area contributed by atoms with Gasteiger partial charge in [-0.2, -0.15) is 0 Å². The van der Waals surface area contributed by atoms with Gasteiger partial charge in [0.2, 0.25) is 0 Å². The van der Waals surface area contributed by atoms with Gasteiger partial charge in [0, 0.05) is 33.8 Å². The number of benzene rings is 2. The van der Waals surface area contributed by atoms with E-state index in [9.17, 15) is 14.9 Å². The summed E-state index contributed by atoms with van der Waals surface area (Å²) in [4.78, 5) is 27.8. The van der Waals surface area contributed by atoms with Crippen LogP contribution in [0.3, 0.4) is 0 Å². The minimum atomic E-state index is -0.446. The molecule has 0 aliphatic rings. The number of amides is 1. The minimum absolute atomic E-state index is 0.00973. The summed E-state index contributed by atoms with van der Waals surface area (Å²) in [5.74, 6) is -0.262. The number of rotatable bonds is 3. The van der Waals surface area contributed by atoms with Crippen molar-refractivity contribution in [1.29, 1.82) is 0 Å². The van der Waals surface area contributed by atoms with Gasteiger partial charge in [-0.25, -0.2) is 0 Å². The third kappa shape index (κ3) is 2.81. The zero-order valence-electron chi connectivity index (χ0n) is 12.8. The van der Waals surface area contributed by atoms with Crippen LogP contribution in [0.4, 0.5) is 11.4 Å². The maximum absolute atomic E-state index is 12.6. The molecule has 4 aromatic rings. The Kier molecular flexibility index (Phi) is 3.62. The topological polar surface area (TPSA) is 85.1 Å². The summed E-state index contributed by atoms with van der Waals surface area (Å²) in [7, 11) is 0. The summed E-state index contributed by atoms with van der Waals surface area (Å²) < 4.78 is 0.826. The average Bonchev–Trinajstić information content (AvgIpc) is 3.05. The number of nitrogens with one attached hydrogen (secondary N) is 1. The molecule has 7 heteroatoms. The Bertz CT molecular complexity index is 1130. The van der Waals surface area contributed by atoms with Crippen LogP contribution in [0, 0.1) is 10.1 Å². The summed E-state index contributed by atoms with van der Waals surface area (Å²) in [6, 6.07) is 15.6. The van der Waals surface area contributed by atoms with Crippen LogP contribution < -0.4 is 5.32 Å². The van der Waals surface area contributed by atoms with Crippen molar-refractivity contribution in [3.63, 3.8) is 0 Å². The number of nitro benzene ring substituents is 1. The molecule has 2 aromatic carbocycles. The fourth-order valence-corrected chi connectivity index (χ4v) is 3.58. The molecule has 0 spiro atoms. The monoisotopic (exact) mass is 349 g/mol. The summed E-state index contributed by atoms with van der Waals surface area (Å²) in [6.07, 6.45) is 1.68. The molecule has 6 nitrogen and oxygen atoms in total. The van der Waals surface area contributed by atoms with Crippen LogP contribution in [-0.4, -0.2) is 15.8 Å². The second-order valence-electron chi connectivity index (χ2n) is 5.42. The molecule has 1 amide bonds. The smallest absolute Gasteiger partial charge is 0.270 e. The highest BCUT2D eigenvalue weighted by molar-refractivity contribution is 7.20. The van der Waals surface area contributed by atoms with Gasteiger partial charge < -0.3 is 5.32 Å². The molecular weight excluding hydrogens is 338 g/mol. The third-order valence-corrected chi connectivity index (χ3v) is 4.93.